The second-order valence-corrected chi connectivity index (χ2v) is 15.7. The van der Waals surface area contributed by atoms with Gasteiger partial charge in [-0.25, -0.2) is 0 Å². The molecular formula is C49H41N. The van der Waals surface area contributed by atoms with Gasteiger partial charge in [-0.3, -0.25) is 0 Å². The van der Waals surface area contributed by atoms with Crippen LogP contribution >= 0.6 is 0 Å². The predicted octanol–water partition coefficient (Wildman–Crippen LogP) is 13.2. The minimum absolute atomic E-state index is 0.128. The number of rotatable bonds is 4. The van der Waals surface area contributed by atoms with E-state index in [1.165, 1.54) is 99.4 Å². The van der Waals surface area contributed by atoms with Gasteiger partial charge in [0.2, 0.25) is 0 Å². The van der Waals surface area contributed by atoms with Gasteiger partial charge in [-0.1, -0.05) is 122 Å². The first kappa shape index (κ1) is 28.7. The van der Waals surface area contributed by atoms with Crippen LogP contribution in [0, 0.1) is 23.7 Å². The number of hydrogen-bond acceptors (Lipinski definition) is 1. The Morgan fingerprint density at radius 1 is 0.440 bits per heavy atom. The number of hydrogen-bond donors (Lipinski definition) is 0. The molecule has 0 heterocycles. The van der Waals surface area contributed by atoms with Gasteiger partial charge >= 0.3 is 0 Å². The average molecular weight is 644 g/mol. The van der Waals surface area contributed by atoms with Crippen molar-refractivity contribution in [1.82, 2.24) is 0 Å². The van der Waals surface area contributed by atoms with Crippen molar-refractivity contribution in [1.29, 1.82) is 0 Å². The van der Waals surface area contributed by atoms with Gasteiger partial charge < -0.3 is 4.90 Å². The third-order valence-electron chi connectivity index (χ3n) is 13.3. The zero-order chi connectivity index (χ0) is 32.8. The molecule has 12 rings (SSSR count). The predicted molar refractivity (Wildman–Crippen MR) is 209 cm³/mol. The van der Waals surface area contributed by atoms with E-state index in [1.807, 2.05) is 0 Å². The minimum Gasteiger partial charge on any atom is -0.310 e. The largest absolute Gasteiger partial charge is 0.310 e. The molecule has 0 saturated heterocycles. The Morgan fingerprint density at radius 2 is 1.08 bits per heavy atom. The molecule has 0 aromatic heterocycles. The van der Waals surface area contributed by atoms with Crippen LogP contribution in [0.4, 0.5) is 17.1 Å². The third-order valence-corrected chi connectivity index (χ3v) is 13.3. The molecule has 4 fully saturated rings. The lowest BCUT2D eigenvalue weighted by Gasteiger charge is -2.53. The summed E-state index contributed by atoms with van der Waals surface area (Å²) in [6, 6.07) is 57.4. The molecule has 5 aliphatic carbocycles. The standard InChI is InChI=1S/C49H41N/c1-3-10-37-30-39(18-17-34(37)8-1)36-19-23-42(24-20-36)50(43-25-21-35-9-2-4-11-38(35)31-43)47-15-7-14-46-48(47)44-12-5-6-13-45(44)49(46)40-22-16-32-26-33(28-40)29-41(49)27-32/h1-15,17-21,23-25,30-33,40-41H,16,22,26-29H2. The lowest BCUT2D eigenvalue weighted by atomic mass is 9.51. The maximum absolute atomic E-state index is 2.55. The highest BCUT2D eigenvalue weighted by molar-refractivity contribution is 5.97. The van der Waals surface area contributed by atoms with Crippen LogP contribution in [0.5, 0.6) is 0 Å². The molecule has 4 saturated carbocycles. The zero-order valence-corrected chi connectivity index (χ0v) is 28.4. The van der Waals surface area contributed by atoms with Gasteiger partial charge in [0.25, 0.3) is 0 Å². The average Bonchev–Trinajstić information content (AvgIpc) is 3.32. The maximum atomic E-state index is 2.55. The van der Waals surface area contributed by atoms with E-state index >= 15 is 0 Å². The second kappa shape index (κ2) is 10.9. The fourth-order valence-electron chi connectivity index (χ4n) is 11.4. The van der Waals surface area contributed by atoms with Crippen molar-refractivity contribution >= 4 is 38.6 Å². The normalized spacial score (nSPS) is 24.4. The Hall–Kier alpha value is -5.14. The maximum Gasteiger partial charge on any atom is 0.0543 e. The van der Waals surface area contributed by atoms with Crippen LogP contribution in [-0.2, 0) is 5.41 Å². The molecule has 5 aliphatic rings. The molecule has 5 atom stereocenters. The molecule has 7 aromatic rings. The summed E-state index contributed by atoms with van der Waals surface area (Å²) in [5, 5.41) is 5.10. The van der Waals surface area contributed by atoms with Crippen LogP contribution < -0.4 is 4.90 Å². The highest BCUT2D eigenvalue weighted by Crippen LogP contribution is 2.68. The van der Waals surface area contributed by atoms with E-state index in [0.717, 1.165) is 23.7 Å². The van der Waals surface area contributed by atoms with Gasteiger partial charge in [-0.2, -0.15) is 0 Å². The van der Waals surface area contributed by atoms with E-state index in [-0.39, 0.29) is 5.41 Å². The Balaban J connectivity index is 1.11. The SMILES string of the molecule is c1ccc2c(c1)-c1c(N(c3ccc(-c4ccc5ccccc5c4)cc3)c3ccc4ccccc4c3)cccc1C21C2CCC3CC(C2)CC1C3. The van der Waals surface area contributed by atoms with Crippen molar-refractivity contribution < 1.29 is 0 Å². The Kier molecular flexibility index (Phi) is 6.27. The molecule has 0 aliphatic heterocycles. The molecule has 1 spiro atoms. The quantitative estimate of drug-likeness (QED) is 0.184. The summed E-state index contributed by atoms with van der Waals surface area (Å²) in [5.41, 5.74) is 12.5. The van der Waals surface area contributed by atoms with Gasteiger partial charge in [0, 0.05) is 22.4 Å². The smallest absolute Gasteiger partial charge is 0.0543 e. The van der Waals surface area contributed by atoms with E-state index in [9.17, 15) is 0 Å². The number of nitrogens with zero attached hydrogens (tertiary/aromatic N) is 1. The van der Waals surface area contributed by atoms with E-state index in [2.05, 4.69) is 157 Å². The first-order chi connectivity index (χ1) is 24.7. The monoisotopic (exact) mass is 643 g/mol. The highest BCUT2D eigenvalue weighted by Gasteiger charge is 2.60. The lowest BCUT2D eigenvalue weighted by molar-refractivity contribution is 0.0618. The van der Waals surface area contributed by atoms with Gasteiger partial charge in [-0.05, 0) is 142 Å². The zero-order valence-electron chi connectivity index (χ0n) is 28.4. The van der Waals surface area contributed by atoms with E-state index in [0.29, 0.717) is 0 Å². The number of anilines is 3. The Bertz CT molecular complexity index is 2430. The van der Waals surface area contributed by atoms with E-state index < -0.39 is 0 Å². The molecule has 1 heteroatoms. The van der Waals surface area contributed by atoms with Gasteiger partial charge in [0.1, 0.15) is 0 Å². The molecule has 0 N–H and O–H groups in total. The minimum atomic E-state index is 0.128. The van der Waals surface area contributed by atoms with Crippen LogP contribution in [0.3, 0.4) is 0 Å². The molecule has 4 bridgehead atoms. The van der Waals surface area contributed by atoms with Crippen molar-refractivity contribution in [3.8, 4) is 22.3 Å². The fourth-order valence-corrected chi connectivity index (χ4v) is 11.4. The van der Waals surface area contributed by atoms with Crippen LogP contribution in [0.2, 0.25) is 0 Å². The molecule has 50 heavy (non-hydrogen) atoms. The number of fused-ring (bicyclic) bond motifs is 6. The summed E-state index contributed by atoms with van der Waals surface area (Å²) in [6.45, 7) is 0. The van der Waals surface area contributed by atoms with Crippen molar-refractivity contribution in [2.24, 2.45) is 23.7 Å². The number of benzene rings is 7. The van der Waals surface area contributed by atoms with Crippen molar-refractivity contribution in [3.63, 3.8) is 0 Å². The van der Waals surface area contributed by atoms with Crippen LogP contribution in [0.25, 0.3) is 43.8 Å². The molecule has 242 valence electrons. The lowest BCUT2D eigenvalue weighted by Crippen LogP contribution is -2.48. The van der Waals surface area contributed by atoms with Crippen molar-refractivity contribution in [3.05, 3.63) is 163 Å². The van der Waals surface area contributed by atoms with Gasteiger partial charge in [0.05, 0.1) is 5.69 Å². The summed E-state index contributed by atoms with van der Waals surface area (Å²) >= 11 is 0. The van der Waals surface area contributed by atoms with Gasteiger partial charge in [0.15, 0.2) is 0 Å². The molecule has 7 aromatic carbocycles. The van der Waals surface area contributed by atoms with E-state index in [1.54, 1.807) is 11.1 Å². The summed E-state index contributed by atoms with van der Waals surface area (Å²) in [6.07, 6.45) is 8.47. The molecular weight excluding hydrogens is 603 g/mol. The van der Waals surface area contributed by atoms with Crippen molar-refractivity contribution in [2.45, 2.75) is 43.9 Å². The fraction of sp³-hybridized carbons (Fsp3) is 0.224. The summed E-state index contributed by atoms with van der Waals surface area (Å²) in [5.74, 6) is 3.30. The third kappa shape index (κ3) is 4.13. The van der Waals surface area contributed by atoms with Crippen molar-refractivity contribution in [2.75, 3.05) is 4.90 Å². The second-order valence-electron chi connectivity index (χ2n) is 15.7. The topological polar surface area (TPSA) is 3.24 Å². The van der Waals surface area contributed by atoms with Crippen LogP contribution in [0.15, 0.2) is 152 Å². The van der Waals surface area contributed by atoms with Crippen LogP contribution in [-0.4, -0.2) is 0 Å². The first-order valence-electron chi connectivity index (χ1n) is 18.9. The summed E-state index contributed by atoms with van der Waals surface area (Å²) in [4.78, 5) is 2.55. The molecule has 1 nitrogen and oxygen atoms in total. The molecule has 5 unspecified atom stereocenters. The molecule has 0 radical (unpaired) electrons. The van der Waals surface area contributed by atoms with Gasteiger partial charge in [-0.15, -0.1) is 0 Å². The summed E-state index contributed by atoms with van der Waals surface area (Å²) < 4.78 is 0. The Morgan fingerprint density at radius 3 is 1.92 bits per heavy atom. The highest BCUT2D eigenvalue weighted by atomic mass is 15.1. The Labute approximate surface area is 295 Å². The first-order valence-corrected chi connectivity index (χ1v) is 18.9. The van der Waals surface area contributed by atoms with E-state index in [4.69, 9.17) is 0 Å². The summed E-state index contributed by atoms with van der Waals surface area (Å²) in [7, 11) is 0. The molecule has 0 amide bonds. The van der Waals surface area contributed by atoms with Crippen LogP contribution in [0.1, 0.15) is 49.7 Å².